The number of ether oxygens (including phenoxy) is 1. The van der Waals surface area contributed by atoms with E-state index in [0.717, 1.165) is 19.8 Å². The van der Waals surface area contributed by atoms with Crippen LogP contribution in [0.1, 0.15) is 0 Å². The van der Waals surface area contributed by atoms with Crippen molar-refractivity contribution in [3.8, 4) is 0 Å². The normalized spacial score (nSPS) is 10.0. The average Bonchev–Trinajstić information content (AvgIpc) is 2.51. The van der Waals surface area contributed by atoms with Gasteiger partial charge in [-0.2, -0.15) is 0 Å². The Bertz CT molecular complexity index is 718. The molecule has 118 valence electrons. The summed E-state index contributed by atoms with van der Waals surface area (Å²) in [5.41, 5.74) is -2.32. The van der Waals surface area contributed by atoms with E-state index in [1.807, 2.05) is 0 Å². The van der Waals surface area contributed by atoms with E-state index in [1.54, 1.807) is 0 Å². The lowest BCUT2D eigenvalue weighted by molar-refractivity contribution is -0.138. The zero-order chi connectivity index (χ0) is 16.7. The first-order chi connectivity index (χ1) is 10.5. The van der Waals surface area contributed by atoms with Crippen molar-refractivity contribution < 1.29 is 9.53 Å². The quantitative estimate of drug-likeness (QED) is 0.359. The summed E-state index contributed by atoms with van der Waals surface area (Å²) >= 11 is 0. The van der Waals surface area contributed by atoms with Crippen molar-refractivity contribution in [3.05, 3.63) is 69.4 Å². The van der Waals surface area contributed by atoms with E-state index in [2.05, 4.69) is 19.7 Å². The molecule has 22 heavy (non-hydrogen) atoms. The topological polar surface area (TPSA) is 92.3 Å². The molecule has 8 nitrogen and oxygen atoms in total. The molecule has 0 unspecified atom stereocenters. The van der Waals surface area contributed by atoms with E-state index >= 15 is 0 Å². The van der Waals surface area contributed by atoms with Gasteiger partial charge < -0.3 is 4.74 Å². The third-order valence-electron chi connectivity index (χ3n) is 2.73. The Kier molecular flexibility index (Phi) is 6.06. The van der Waals surface area contributed by atoms with Crippen molar-refractivity contribution in [1.82, 2.24) is 13.7 Å². The van der Waals surface area contributed by atoms with Gasteiger partial charge in [-0.3, -0.25) is 0 Å². The van der Waals surface area contributed by atoms with Gasteiger partial charge in [-0.05, 0) is 0 Å². The molecule has 1 heterocycles. The number of esters is 1. The molecule has 0 saturated carbocycles. The summed E-state index contributed by atoms with van der Waals surface area (Å²) in [6, 6.07) is 0. The third-order valence-corrected chi connectivity index (χ3v) is 2.73. The van der Waals surface area contributed by atoms with Crippen LogP contribution in [0.2, 0.25) is 0 Å². The molecule has 0 saturated heterocycles. The number of carbonyl (C=O) groups excluding carboxylic acids is 1. The zero-order valence-corrected chi connectivity index (χ0v) is 12.1. The molecule has 0 aliphatic rings. The van der Waals surface area contributed by atoms with E-state index < -0.39 is 23.0 Å². The highest BCUT2D eigenvalue weighted by molar-refractivity contribution is 5.81. The van der Waals surface area contributed by atoms with Gasteiger partial charge in [0.1, 0.15) is 6.61 Å². The van der Waals surface area contributed by atoms with Crippen LogP contribution in [0, 0.1) is 0 Å². The lowest BCUT2D eigenvalue weighted by Gasteiger charge is -2.12. The molecular formula is C14H17N3O5. The van der Waals surface area contributed by atoms with Gasteiger partial charge in [-0.25, -0.2) is 32.9 Å². The fourth-order valence-corrected chi connectivity index (χ4v) is 1.74. The van der Waals surface area contributed by atoms with Gasteiger partial charge in [0.05, 0.1) is 19.6 Å². The second-order valence-corrected chi connectivity index (χ2v) is 4.17. The highest BCUT2D eigenvalue weighted by atomic mass is 16.5. The first kappa shape index (κ1) is 17.2. The minimum atomic E-state index is -0.787. The van der Waals surface area contributed by atoms with Crippen molar-refractivity contribution in [2.75, 3.05) is 6.61 Å². The van der Waals surface area contributed by atoms with Crippen LogP contribution in [0.15, 0.2) is 52.3 Å². The first-order valence-corrected chi connectivity index (χ1v) is 6.43. The molecule has 8 heteroatoms. The second-order valence-electron chi connectivity index (χ2n) is 4.17. The highest BCUT2D eigenvalue weighted by Crippen LogP contribution is 1.83. The number of hydrogen-bond acceptors (Lipinski definition) is 5. The molecule has 0 aromatic carbocycles. The first-order valence-electron chi connectivity index (χ1n) is 6.43. The van der Waals surface area contributed by atoms with Gasteiger partial charge in [-0.1, -0.05) is 18.7 Å². The van der Waals surface area contributed by atoms with Crippen LogP contribution in [0.5, 0.6) is 0 Å². The Labute approximate surface area is 125 Å². The van der Waals surface area contributed by atoms with Gasteiger partial charge in [0.2, 0.25) is 0 Å². The Morgan fingerprint density at radius 2 is 1.36 bits per heavy atom. The lowest BCUT2D eigenvalue weighted by Crippen LogP contribution is -2.54. The summed E-state index contributed by atoms with van der Waals surface area (Å²) in [6.45, 7) is 9.72. The van der Waals surface area contributed by atoms with Crippen LogP contribution >= 0.6 is 0 Å². The van der Waals surface area contributed by atoms with Crippen LogP contribution in [0.25, 0.3) is 0 Å². The van der Waals surface area contributed by atoms with E-state index in [4.69, 9.17) is 4.74 Å². The number of hydrogen-bond donors (Lipinski definition) is 0. The van der Waals surface area contributed by atoms with Gasteiger partial charge in [0.15, 0.2) is 0 Å². The SMILES string of the molecule is C=CCn1c(=O)n(CC=C)c(=O)n(CCOC(=O)C=C)c1=O. The highest BCUT2D eigenvalue weighted by Gasteiger charge is 2.14. The molecule has 0 N–H and O–H groups in total. The van der Waals surface area contributed by atoms with Gasteiger partial charge >= 0.3 is 23.0 Å². The molecule has 0 amide bonds. The van der Waals surface area contributed by atoms with E-state index in [1.165, 1.54) is 12.2 Å². The molecule has 0 aliphatic heterocycles. The second kappa shape index (κ2) is 7.77. The van der Waals surface area contributed by atoms with Crippen molar-refractivity contribution >= 4 is 5.97 Å². The van der Waals surface area contributed by atoms with Gasteiger partial charge in [0, 0.05) is 6.08 Å². The minimum Gasteiger partial charge on any atom is -0.461 e. The smallest absolute Gasteiger partial charge is 0.336 e. The molecule has 0 fully saturated rings. The van der Waals surface area contributed by atoms with Gasteiger partial charge in [-0.15, -0.1) is 13.2 Å². The average molecular weight is 307 g/mol. The van der Waals surface area contributed by atoms with Crippen molar-refractivity contribution in [1.29, 1.82) is 0 Å². The van der Waals surface area contributed by atoms with E-state index in [-0.39, 0.29) is 26.2 Å². The molecule has 0 aliphatic carbocycles. The summed E-state index contributed by atoms with van der Waals surface area (Å²) in [5, 5.41) is 0. The predicted molar refractivity (Wildman–Crippen MR) is 80.8 cm³/mol. The number of rotatable bonds is 8. The summed E-state index contributed by atoms with van der Waals surface area (Å²) in [6.07, 6.45) is 3.71. The number of allylic oxidation sites excluding steroid dienone is 2. The molecular weight excluding hydrogens is 290 g/mol. The number of aromatic nitrogens is 3. The third kappa shape index (κ3) is 3.60. The fourth-order valence-electron chi connectivity index (χ4n) is 1.74. The van der Waals surface area contributed by atoms with Crippen molar-refractivity contribution in [2.24, 2.45) is 0 Å². The van der Waals surface area contributed by atoms with Crippen LogP contribution in [-0.4, -0.2) is 26.3 Å². The zero-order valence-electron chi connectivity index (χ0n) is 12.1. The number of carbonyl (C=O) groups is 1. The van der Waals surface area contributed by atoms with Crippen molar-refractivity contribution in [3.63, 3.8) is 0 Å². The molecule has 0 atom stereocenters. The van der Waals surface area contributed by atoms with Crippen molar-refractivity contribution in [2.45, 2.75) is 19.6 Å². The fraction of sp³-hybridized carbons (Fsp3) is 0.286. The summed E-state index contributed by atoms with van der Waals surface area (Å²) in [4.78, 5) is 47.4. The minimum absolute atomic E-state index is 0.0401. The summed E-state index contributed by atoms with van der Waals surface area (Å²) < 4.78 is 7.30. The Morgan fingerprint density at radius 3 is 1.77 bits per heavy atom. The monoisotopic (exact) mass is 307 g/mol. The maximum atomic E-state index is 12.2. The molecule has 0 radical (unpaired) electrons. The largest absolute Gasteiger partial charge is 0.461 e. The van der Waals surface area contributed by atoms with Gasteiger partial charge in [0.25, 0.3) is 0 Å². The van der Waals surface area contributed by atoms with E-state index in [9.17, 15) is 19.2 Å². The molecule has 0 bridgehead atoms. The molecule has 1 rings (SSSR count). The maximum absolute atomic E-state index is 12.2. The lowest BCUT2D eigenvalue weighted by atomic mass is 10.5. The molecule has 1 aromatic rings. The Morgan fingerprint density at radius 1 is 0.909 bits per heavy atom. The van der Waals surface area contributed by atoms with Crippen LogP contribution in [-0.2, 0) is 29.2 Å². The van der Waals surface area contributed by atoms with Crippen LogP contribution in [0.4, 0.5) is 0 Å². The molecule has 0 spiro atoms. The Hall–Kier alpha value is -2.90. The summed E-state index contributed by atoms with van der Waals surface area (Å²) in [5.74, 6) is -0.668. The van der Waals surface area contributed by atoms with Crippen LogP contribution in [0.3, 0.4) is 0 Å². The van der Waals surface area contributed by atoms with E-state index in [0.29, 0.717) is 0 Å². The number of nitrogens with zero attached hydrogens (tertiary/aromatic N) is 3. The van der Waals surface area contributed by atoms with Crippen LogP contribution < -0.4 is 17.1 Å². The predicted octanol–water partition coefficient (Wildman–Crippen LogP) is -0.727. The summed E-state index contributed by atoms with van der Waals surface area (Å²) in [7, 11) is 0. The maximum Gasteiger partial charge on any atom is 0.336 e. The molecule has 1 aromatic heterocycles. The Balaban J connectivity index is 3.33. The standard InChI is InChI=1S/C14H17N3O5/c1-4-7-15-12(19)16(8-5-2)14(21)17(13(15)20)9-10-22-11(18)6-3/h4-6H,1-3,7-10H2.